The van der Waals surface area contributed by atoms with Gasteiger partial charge in [0.2, 0.25) is 0 Å². The van der Waals surface area contributed by atoms with Gasteiger partial charge in [0.15, 0.2) is 0 Å². The van der Waals surface area contributed by atoms with Gasteiger partial charge in [0.1, 0.15) is 5.76 Å². The monoisotopic (exact) mass is 211 g/mol. The van der Waals surface area contributed by atoms with Gasteiger partial charge in [-0.05, 0) is 0 Å². The van der Waals surface area contributed by atoms with Crippen LogP contribution in [0.4, 0.5) is 0 Å². The summed E-state index contributed by atoms with van der Waals surface area (Å²) in [6.07, 6.45) is 1.67. The van der Waals surface area contributed by atoms with Gasteiger partial charge in [-0.25, -0.2) is 0 Å². The Hall–Kier alpha value is -0.910. The van der Waals surface area contributed by atoms with Crippen LogP contribution in [-0.4, -0.2) is 49.4 Å². The summed E-state index contributed by atoms with van der Waals surface area (Å²) in [5.41, 5.74) is 0. The molecule has 1 N–H and O–H groups in total. The molecule has 1 aromatic heterocycles. The van der Waals surface area contributed by atoms with E-state index in [1.165, 1.54) is 0 Å². The molecule has 5 nitrogen and oxygen atoms in total. The van der Waals surface area contributed by atoms with E-state index in [0.717, 1.165) is 51.7 Å². The van der Waals surface area contributed by atoms with Crippen LogP contribution >= 0.6 is 0 Å². The van der Waals surface area contributed by atoms with E-state index in [4.69, 9.17) is 9.26 Å². The second-order valence-electron chi connectivity index (χ2n) is 3.61. The molecule has 5 heteroatoms. The average Bonchev–Trinajstić information content (AvgIpc) is 2.79. The maximum Gasteiger partial charge on any atom is 0.150 e. The molecule has 1 saturated heterocycles. The first kappa shape index (κ1) is 10.6. The highest BCUT2D eigenvalue weighted by Crippen LogP contribution is 1.96. The van der Waals surface area contributed by atoms with Crippen molar-refractivity contribution >= 4 is 0 Å². The average molecular weight is 211 g/mol. The van der Waals surface area contributed by atoms with Crippen LogP contribution in [0.1, 0.15) is 5.76 Å². The molecule has 1 aliphatic heterocycles. The first-order valence-corrected chi connectivity index (χ1v) is 5.35. The van der Waals surface area contributed by atoms with E-state index in [0.29, 0.717) is 0 Å². The fourth-order valence-electron chi connectivity index (χ4n) is 1.61. The third-order valence-electron chi connectivity index (χ3n) is 2.50. The summed E-state index contributed by atoms with van der Waals surface area (Å²) in [4.78, 5) is 2.40. The predicted molar refractivity (Wildman–Crippen MR) is 55.5 cm³/mol. The molecule has 0 atom stereocenters. The molecule has 1 aromatic rings. The normalized spacial score (nSPS) is 18.1. The lowest BCUT2D eigenvalue weighted by Crippen LogP contribution is -2.40. The summed E-state index contributed by atoms with van der Waals surface area (Å²) in [7, 11) is 0. The summed E-state index contributed by atoms with van der Waals surface area (Å²) >= 11 is 0. The Morgan fingerprint density at radius 2 is 2.27 bits per heavy atom. The van der Waals surface area contributed by atoms with E-state index < -0.39 is 0 Å². The minimum atomic E-state index is 0.754. The Kier molecular flexibility index (Phi) is 4.13. The van der Waals surface area contributed by atoms with Crippen molar-refractivity contribution in [2.45, 2.75) is 6.54 Å². The first-order chi connectivity index (χ1) is 7.45. The first-order valence-electron chi connectivity index (χ1n) is 5.35. The van der Waals surface area contributed by atoms with Crippen molar-refractivity contribution in [2.24, 2.45) is 0 Å². The molecule has 0 aromatic carbocycles. The molecule has 1 aliphatic rings. The van der Waals surface area contributed by atoms with Crippen molar-refractivity contribution in [3.8, 4) is 0 Å². The number of nitrogens with zero attached hydrogens (tertiary/aromatic N) is 2. The van der Waals surface area contributed by atoms with Gasteiger partial charge in [0.25, 0.3) is 0 Å². The van der Waals surface area contributed by atoms with Crippen LogP contribution in [0, 0.1) is 0 Å². The third-order valence-corrected chi connectivity index (χ3v) is 2.50. The maximum atomic E-state index is 5.28. The van der Waals surface area contributed by atoms with Crippen molar-refractivity contribution in [1.82, 2.24) is 15.4 Å². The summed E-state index contributed by atoms with van der Waals surface area (Å²) < 4.78 is 10.3. The van der Waals surface area contributed by atoms with Crippen LogP contribution in [-0.2, 0) is 11.3 Å². The van der Waals surface area contributed by atoms with Crippen LogP contribution in [0.3, 0.4) is 0 Å². The van der Waals surface area contributed by atoms with E-state index in [-0.39, 0.29) is 0 Å². The number of hydrogen-bond donors (Lipinski definition) is 1. The van der Waals surface area contributed by atoms with Crippen molar-refractivity contribution in [3.05, 3.63) is 18.0 Å². The van der Waals surface area contributed by atoms with E-state index in [1.807, 2.05) is 6.07 Å². The molecule has 0 aliphatic carbocycles. The Bertz CT molecular complexity index is 258. The lowest BCUT2D eigenvalue weighted by atomic mass is 10.4. The zero-order valence-electron chi connectivity index (χ0n) is 8.82. The number of rotatable bonds is 5. The number of ether oxygens (including phenoxy) is 1. The summed E-state index contributed by atoms with van der Waals surface area (Å²) in [6.45, 7) is 6.61. The Morgan fingerprint density at radius 1 is 1.40 bits per heavy atom. The topological polar surface area (TPSA) is 50.5 Å². The van der Waals surface area contributed by atoms with Crippen molar-refractivity contribution in [3.63, 3.8) is 0 Å². The second kappa shape index (κ2) is 5.85. The Balaban J connectivity index is 1.54. The van der Waals surface area contributed by atoms with Gasteiger partial charge >= 0.3 is 0 Å². The summed E-state index contributed by atoms with van der Waals surface area (Å²) in [6, 6.07) is 1.88. The van der Waals surface area contributed by atoms with Crippen LogP contribution < -0.4 is 5.32 Å². The molecule has 0 unspecified atom stereocenters. The number of morpholine rings is 1. The molecule has 84 valence electrons. The third kappa shape index (κ3) is 3.62. The molecule has 1 fully saturated rings. The lowest BCUT2D eigenvalue weighted by Gasteiger charge is -2.26. The molecule has 0 amide bonds. The molecular weight excluding hydrogens is 194 g/mol. The number of hydrogen-bond acceptors (Lipinski definition) is 5. The SMILES string of the molecule is c1cc(CNCCN2CCOCC2)on1. The standard InChI is InChI=1S/C10H17N3O2/c1-2-12-15-10(1)9-11-3-4-13-5-7-14-8-6-13/h1-2,11H,3-9H2. The highest BCUT2D eigenvalue weighted by molar-refractivity contribution is 4.91. The highest BCUT2D eigenvalue weighted by Gasteiger charge is 2.08. The van der Waals surface area contributed by atoms with Crippen molar-refractivity contribution in [1.29, 1.82) is 0 Å². The van der Waals surface area contributed by atoms with Gasteiger partial charge in [-0.15, -0.1) is 0 Å². The Morgan fingerprint density at radius 3 is 3.00 bits per heavy atom. The minimum absolute atomic E-state index is 0.754. The highest BCUT2D eigenvalue weighted by atomic mass is 16.5. The summed E-state index contributed by atoms with van der Waals surface area (Å²) in [5, 5.41) is 6.97. The maximum absolute atomic E-state index is 5.28. The van der Waals surface area contributed by atoms with Gasteiger partial charge in [-0.2, -0.15) is 0 Å². The molecule has 2 rings (SSSR count). The molecule has 0 spiro atoms. The van der Waals surface area contributed by atoms with Gasteiger partial charge < -0.3 is 14.6 Å². The molecule has 0 saturated carbocycles. The molecule has 0 radical (unpaired) electrons. The minimum Gasteiger partial charge on any atom is -0.379 e. The van der Waals surface area contributed by atoms with Gasteiger partial charge in [-0.3, -0.25) is 4.90 Å². The lowest BCUT2D eigenvalue weighted by molar-refractivity contribution is 0.0383. The van der Waals surface area contributed by atoms with Crippen molar-refractivity contribution < 1.29 is 9.26 Å². The molecule has 2 heterocycles. The van der Waals surface area contributed by atoms with Gasteiger partial charge in [-0.1, -0.05) is 5.16 Å². The molecule has 15 heavy (non-hydrogen) atoms. The quantitative estimate of drug-likeness (QED) is 0.700. The van der Waals surface area contributed by atoms with Crippen LogP contribution in [0.25, 0.3) is 0 Å². The summed E-state index contributed by atoms with van der Waals surface area (Å²) in [5.74, 6) is 0.886. The van der Waals surface area contributed by atoms with Gasteiger partial charge in [0, 0.05) is 32.2 Å². The van der Waals surface area contributed by atoms with E-state index in [9.17, 15) is 0 Å². The largest absolute Gasteiger partial charge is 0.379 e. The molecular formula is C10H17N3O2. The molecule has 0 bridgehead atoms. The fourth-order valence-corrected chi connectivity index (χ4v) is 1.61. The van der Waals surface area contributed by atoms with E-state index in [1.54, 1.807) is 6.20 Å². The van der Waals surface area contributed by atoms with Crippen LogP contribution in [0.15, 0.2) is 16.8 Å². The van der Waals surface area contributed by atoms with E-state index >= 15 is 0 Å². The van der Waals surface area contributed by atoms with Crippen molar-refractivity contribution in [2.75, 3.05) is 39.4 Å². The van der Waals surface area contributed by atoms with E-state index in [2.05, 4.69) is 15.4 Å². The van der Waals surface area contributed by atoms with Gasteiger partial charge in [0.05, 0.1) is 26.0 Å². The fraction of sp³-hybridized carbons (Fsp3) is 0.700. The predicted octanol–water partition coefficient (Wildman–Crippen LogP) is 0.0964. The van der Waals surface area contributed by atoms with Crippen LogP contribution in [0.5, 0.6) is 0 Å². The zero-order chi connectivity index (χ0) is 10.3. The van der Waals surface area contributed by atoms with Crippen LogP contribution in [0.2, 0.25) is 0 Å². The Labute approximate surface area is 89.4 Å². The smallest absolute Gasteiger partial charge is 0.150 e. The number of aromatic nitrogens is 1. The second-order valence-corrected chi connectivity index (χ2v) is 3.61. The number of nitrogens with one attached hydrogen (secondary N) is 1. The zero-order valence-corrected chi connectivity index (χ0v) is 8.82.